The van der Waals surface area contributed by atoms with Crippen LogP contribution in [0.3, 0.4) is 0 Å². The van der Waals surface area contributed by atoms with Crippen LogP contribution in [0.2, 0.25) is 0 Å². The van der Waals surface area contributed by atoms with E-state index in [-0.39, 0.29) is 12.0 Å². The molecule has 1 heterocycles. The van der Waals surface area contributed by atoms with Gasteiger partial charge >= 0.3 is 0 Å². The van der Waals surface area contributed by atoms with Gasteiger partial charge in [0.15, 0.2) is 4.34 Å². The number of aromatic nitrogens is 2. The molecule has 1 amide bonds. The second-order valence-corrected chi connectivity index (χ2v) is 13.6. The van der Waals surface area contributed by atoms with Crippen molar-refractivity contribution in [3.63, 3.8) is 0 Å². The Morgan fingerprint density at radius 2 is 1.72 bits per heavy atom. The Labute approximate surface area is 197 Å². The van der Waals surface area contributed by atoms with Crippen LogP contribution in [0.15, 0.2) is 28.6 Å². The first-order valence-corrected chi connectivity index (χ1v) is 14.9. The highest BCUT2D eigenvalue weighted by atomic mass is 32.2. The van der Waals surface area contributed by atoms with Crippen LogP contribution in [-0.4, -0.2) is 43.6 Å². The average Bonchev–Trinajstić information content (AvgIpc) is 3.18. The Hall–Kier alpha value is -1.65. The van der Waals surface area contributed by atoms with Gasteiger partial charge in [-0.15, -0.1) is 10.2 Å². The summed E-state index contributed by atoms with van der Waals surface area (Å²) in [5, 5.41) is 10.9. The van der Waals surface area contributed by atoms with Gasteiger partial charge in [0.2, 0.25) is 21.1 Å². The van der Waals surface area contributed by atoms with E-state index in [0.29, 0.717) is 10.8 Å². The standard InChI is InChI=1S/C22H28N4O3S3/c1-30-21-25-24-20(31-21)23-19(27)13-26(32(2,28)29)18-5-3-17(4-6-18)22-10-14-7-15(11-22)9-16(8-14)12-22/h3-6,14-16H,7-13H2,1-2H3,(H,23,24,27). The molecule has 2 aromatic rings. The monoisotopic (exact) mass is 492 g/mol. The van der Waals surface area contributed by atoms with Crippen molar-refractivity contribution >= 4 is 49.8 Å². The third-order valence-electron chi connectivity index (χ3n) is 7.32. The number of amides is 1. The molecule has 4 aliphatic carbocycles. The van der Waals surface area contributed by atoms with Crippen LogP contribution in [-0.2, 0) is 20.2 Å². The molecule has 32 heavy (non-hydrogen) atoms. The minimum atomic E-state index is -3.63. The van der Waals surface area contributed by atoms with Gasteiger partial charge in [0.1, 0.15) is 6.54 Å². The number of hydrogen-bond donors (Lipinski definition) is 1. The zero-order valence-corrected chi connectivity index (χ0v) is 20.7. The second kappa shape index (κ2) is 8.29. The van der Waals surface area contributed by atoms with E-state index in [1.54, 1.807) is 0 Å². The van der Waals surface area contributed by atoms with Crippen molar-refractivity contribution in [1.82, 2.24) is 10.2 Å². The highest BCUT2D eigenvalue weighted by Gasteiger charge is 2.51. The summed E-state index contributed by atoms with van der Waals surface area (Å²) in [5.74, 6) is 2.11. The minimum Gasteiger partial charge on any atom is -0.299 e. The number of rotatable bonds is 7. The summed E-state index contributed by atoms with van der Waals surface area (Å²) in [4.78, 5) is 12.6. The molecule has 172 valence electrons. The first-order valence-electron chi connectivity index (χ1n) is 11.0. The number of nitrogens with one attached hydrogen (secondary N) is 1. The summed E-state index contributed by atoms with van der Waals surface area (Å²) in [7, 11) is -3.63. The predicted octanol–water partition coefficient (Wildman–Crippen LogP) is 4.13. The lowest BCUT2D eigenvalue weighted by atomic mass is 9.48. The fraction of sp³-hybridized carbons (Fsp3) is 0.591. The SMILES string of the molecule is CSc1nnc(NC(=O)CN(c2ccc(C34CC5CC(CC(C5)C3)C4)cc2)S(C)(=O)=O)s1. The summed E-state index contributed by atoms with van der Waals surface area (Å²) >= 11 is 2.70. The van der Waals surface area contributed by atoms with Gasteiger partial charge in [-0.05, 0) is 85.6 Å². The van der Waals surface area contributed by atoms with E-state index >= 15 is 0 Å². The molecule has 10 heteroatoms. The van der Waals surface area contributed by atoms with Crippen molar-refractivity contribution in [2.45, 2.75) is 48.3 Å². The average molecular weight is 493 g/mol. The van der Waals surface area contributed by atoms with Gasteiger partial charge in [-0.1, -0.05) is 35.2 Å². The lowest BCUT2D eigenvalue weighted by molar-refractivity contribution is -0.114. The molecular formula is C22H28N4O3S3. The fourth-order valence-corrected chi connectivity index (χ4v) is 8.52. The van der Waals surface area contributed by atoms with Crippen molar-refractivity contribution in [3.05, 3.63) is 29.8 Å². The molecule has 0 unspecified atom stereocenters. The van der Waals surface area contributed by atoms with Crippen molar-refractivity contribution in [1.29, 1.82) is 0 Å². The van der Waals surface area contributed by atoms with Crippen LogP contribution in [0, 0.1) is 17.8 Å². The number of carbonyl (C=O) groups is 1. The maximum absolute atomic E-state index is 12.6. The quantitative estimate of drug-likeness (QED) is 0.461. The molecule has 4 aliphatic rings. The molecule has 1 N–H and O–H groups in total. The molecule has 4 fully saturated rings. The van der Waals surface area contributed by atoms with Crippen LogP contribution in [0.4, 0.5) is 10.8 Å². The third-order valence-corrected chi connectivity index (χ3v) is 10.3. The van der Waals surface area contributed by atoms with E-state index in [0.717, 1.165) is 32.7 Å². The molecule has 1 aromatic carbocycles. The molecule has 0 saturated heterocycles. The van der Waals surface area contributed by atoms with E-state index in [4.69, 9.17) is 0 Å². The molecule has 4 saturated carbocycles. The molecule has 0 atom stereocenters. The highest BCUT2D eigenvalue weighted by Crippen LogP contribution is 2.60. The molecular weight excluding hydrogens is 464 g/mol. The Morgan fingerprint density at radius 1 is 1.12 bits per heavy atom. The number of benzene rings is 1. The lowest BCUT2D eigenvalue weighted by Crippen LogP contribution is -2.48. The summed E-state index contributed by atoms with van der Waals surface area (Å²) in [6.07, 6.45) is 11.0. The van der Waals surface area contributed by atoms with Gasteiger partial charge in [-0.2, -0.15) is 0 Å². The van der Waals surface area contributed by atoms with E-state index < -0.39 is 15.9 Å². The summed E-state index contributed by atoms with van der Waals surface area (Å²) < 4.78 is 26.9. The summed E-state index contributed by atoms with van der Waals surface area (Å²) in [6.45, 7) is -0.302. The zero-order chi connectivity index (χ0) is 22.5. The third kappa shape index (κ3) is 4.28. The Morgan fingerprint density at radius 3 is 2.22 bits per heavy atom. The first-order chi connectivity index (χ1) is 15.2. The highest BCUT2D eigenvalue weighted by molar-refractivity contribution is 8.00. The van der Waals surface area contributed by atoms with Crippen molar-refractivity contribution in [3.8, 4) is 0 Å². The second-order valence-electron chi connectivity index (χ2n) is 9.64. The number of carbonyl (C=O) groups excluding carboxylic acids is 1. The van der Waals surface area contributed by atoms with Crippen LogP contribution < -0.4 is 9.62 Å². The predicted molar refractivity (Wildman–Crippen MR) is 129 cm³/mol. The number of thioether (sulfide) groups is 1. The molecule has 0 aliphatic heterocycles. The molecule has 4 bridgehead atoms. The molecule has 7 nitrogen and oxygen atoms in total. The fourth-order valence-electron chi connectivity index (χ4n) is 6.48. The normalized spacial score (nSPS) is 28.6. The van der Waals surface area contributed by atoms with Gasteiger partial charge in [-0.3, -0.25) is 14.4 Å². The van der Waals surface area contributed by atoms with Crippen LogP contribution in [0.5, 0.6) is 0 Å². The van der Waals surface area contributed by atoms with Gasteiger partial charge in [-0.25, -0.2) is 8.42 Å². The van der Waals surface area contributed by atoms with Gasteiger partial charge < -0.3 is 0 Å². The smallest absolute Gasteiger partial charge is 0.246 e. The van der Waals surface area contributed by atoms with Crippen molar-refractivity contribution in [2.75, 3.05) is 28.7 Å². The Bertz CT molecular complexity index is 1080. The Balaban J connectivity index is 1.33. The lowest BCUT2D eigenvalue weighted by Gasteiger charge is -2.57. The van der Waals surface area contributed by atoms with Crippen molar-refractivity contribution in [2.24, 2.45) is 17.8 Å². The van der Waals surface area contributed by atoms with E-state index in [1.807, 2.05) is 18.4 Å². The molecule has 0 radical (unpaired) electrons. The molecule has 6 rings (SSSR count). The number of nitrogens with zero attached hydrogens (tertiary/aromatic N) is 3. The number of hydrogen-bond acceptors (Lipinski definition) is 7. The van der Waals surface area contributed by atoms with Crippen LogP contribution in [0.25, 0.3) is 0 Å². The first kappa shape index (κ1) is 22.2. The summed E-state index contributed by atoms with van der Waals surface area (Å²) in [6, 6.07) is 7.90. The largest absolute Gasteiger partial charge is 0.299 e. The maximum atomic E-state index is 12.6. The molecule has 1 aromatic heterocycles. The van der Waals surface area contributed by atoms with E-state index in [9.17, 15) is 13.2 Å². The van der Waals surface area contributed by atoms with E-state index in [1.165, 1.54) is 67.2 Å². The summed E-state index contributed by atoms with van der Waals surface area (Å²) in [5.41, 5.74) is 2.10. The van der Waals surface area contributed by atoms with Gasteiger partial charge in [0, 0.05) is 0 Å². The van der Waals surface area contributed by atoms with Crippen LogP contribution >= 0.6 is 23.1 Å². The number of anilines is 2. The van der Waals surface area contributed by atoms with Crippen LogP contribution in [0.1, 0.15) is 44.1 Å². The number of sulfonamides is 1. The zero-order valence-electron chi connectivity index (χ0n) is 18.3. The maximum Gasteiger partial charge on any atom is 0.246 e. The van der Waals surface area contributed by atoms with Gasteiger partial charge in [0.25, 0.3) is 0 Å². The van der Waals surface area contributed by atoms with E-state index in [2.05, 4.69) is 27.6 Å². The van der Waals surface area contributed by atoms with Crippen molar-refractivity contribution < 1.29 is 13.2 Å². The Kier molecular flexibility index (Phi) is 5.74. The van der Waals surface area contributed by atoms with Gasteiger partial charge in [0.05, 0.1) is 11.9 Å². The molecule has 0 spiro atoms. The topological polar surface area (TPSA) is 92.3 Å². The minimum absolute atomic E-state index is 0.257.